The molecule has 2 aromatic rings. The molecule has 27 heavy (non-hydrogen) atoms. The summed E-state index contributed by atoms with van der Waals surface area (Å²) in [6.45, 7) is 2.42. The van der Waals surface area contributed by atoms with E-state index in [9.17, 15) is 4.79 Å². The predicted octanol–water partition coefficient (Wildman–Crippen LogP) is 4.88. The lowest BCUT2D eigenvalue weighted by Gasteiger charge is -2.34. The van der Waals surface area contributed by atoms with Crippen molar-refractivity contribution < 1.29 is 9.53 Å². The lowest BCUT2D eigenvalue weighted by Crippen LogP contribution is -2.43. The second-order valence-corrected chi connectivity index (χ2v) is 7.75. The first kappa shape index (κ1) is 20.0. The van der Waals surface area contributed by atoms with Crippen molar-refractivity contribution in [1.29, 1.82) is 0 Å². The molecule has 2 aromatic carbocycles. The SMILES string of the molecule is COc1cccc(N(C)C(=O)[C@@H]2CCCN(Cc3ccc(Cl)cc3Cl)C2)c1. The number of rotatable bonds is 5. The first-order chi connectivity index (χ1) is 13.0. The van der Waals surface area contributed by atoms with Gasteiger partial charge in [0.2, 0.25) is 5.91 Å². The van der Waals surface area contributed by atoms with Gasteiger partial charge in [-0.3, -0.25) is 9.69 Å². The zero-order chi connectivity index (χ0) is 19.4. The van der Waals surface area contributed by atoms with Crippen LogP contribution in [0.4, 0.5) is 5.69 Å². The van der Waals surface area contributed by atoms with Gasteiger partial charge in [0.05, 0.1) is 13.0 Å². The number of likely N-dealkylation sites (tertiary alicyclic amines) is 1. The Balaban J connectivity index is 1.66. The summed E-state index contributed by atoms with van der Waals surface area (Å²) in [5.41, 5.74) is 1.88. The maximum Gasteiger partial charge on any atom is 0.231 e. The van der Waals surface area contributed by atoms with E-state index in [1.165, 1.54) is 0 Å². The van der Waals surface area contributed by atoms with Crippen molar-refractivity contribution >= 4 is 34.8 Å². The maximum absolute atomic E-state index is 13.0. The highest BCUT2D eigenvalue weighted by Crippen LogP contribution is 2.27. The van der Waals surface area contributed by atoms with Crippen molar-refractivity contribution in [3.63, 3.8) is 0 Å². The summed E-state index contributed by atoms with van der Waals surface area (Å²) in [5, 5.41) is 1.31. The fraction of sp³-hybridized carbons (Fsp3) is 0.381. The largest absolute Gasteiger partial charge is 0.497 e. The van der Waals surface area contributed by atoms with E-state index in [1.807, 2.05) is 43.4 Å². The maximum atomic E-state index is 13.0. The molecule has 4 nitrogen and oxygen atoms in total. The van der Waals surface area contributed by atoms with Gasteiger partial charge in [0.15, 0.2) is 0 Å². The van der Waals surface area contributed by atoms with Crippen molar-refractivity contribution in [2.45, 2.75) is 19.4 Å². The zero-order valence-electron chi connectivity index (χ0n) is 15.6. The summed E-state index contributed by atoms with van der Waals surface area (Å²) in [6, 6.07) is 13.2. The molecule has 0 spiro atoms. The lowest BCUT2D eigenvalue weighted by atomic mass is 9.96. The summed E-state index contributed by atoms with van der Waals surface area (Å²) < 4.78 is 5.27. The quantitative estimate of drug-likeness (QED) is 0.709. The minimum Gasteiger partial charge on any atom is -0.497 e. The molecular weight excluding hydrogens is 383 g/mol. The van der Waals surface area contributed by atoms with Gasteiger partial charge in [-0.25, -0.2) is 0 Å². The van der Waals surface area contributed by atoms with Gasteiger partial charge in [-0.05, 0) is 49.2 Å². The van der Waals surface area contributed by atoms with Crippen LogP contribution in [0.5, 0.6) is 5.75 Å². The van der Waals surface area contributed by atoms with Crippen LogP contribution in [-0.2, 0) is 11.3 Å². The number of anilines is 1. The number of nitrogens with zero attached hydrogens (tertiary/aromatic N) is 2. The Morgan fingerprint density at radius 3 is 2.81 bits per heavy atom. The molecule has 0 radical (unpaired) electrons. The number of carbonyl (C=O) groups is 1. The van der Waals surface area contributed by atoms with E-state index in [2.05, 4.69) is 4.90 Å². The van der Waals surface area contributed by atoms with E-state index >= 15 is 0 Å². The molecule has 1 aliphatic heterocycles. The summed E-state index contributed by atoms with van der Waals surface area (Å²) in [6.07, 6.45) is 1.89. The van der Waals surface area contributed by atoms with Crippen molar-refractivity contribution in [1.82, 2.24) is 4.90 Å². The van der Waals surface area contributed by atoms with E-state index in [1.54, 1.807) is 18.1 Å². The van der Waals surface area contributed by atoms with Crippen LogP contribution < -0.4 is 9.64 Å². The van der Waals surface area contributed by atoms with Gasteiger partial charge in [-0.15, -0.1) is 0 Å². The monoisotopic (exact) mass is 406 g/mol. The third-order valence-corrected chi connectivity index (χ3v) is 5.62. The third kappa shape index (κ3) is 4.95. The van der Waals surface area contributed by atoms with Crippen molar-refractivity contribution in [2.24, 2.45) is 5.92 Å². The molecule has 0 aromatic heterocycles. The van der Waals surface area contributed by atoms with Crippen LogP contribution in [0, 0.1) is 5.92 Å². The smallest absolute Gasteiger partial charge is 0.231 e. The Bertz CT molecular complexity index is 813. The van der Waals surface area contributed by atoms with E-state index in [-0.39, 0.29) is 11.8 Å². The van der Waals surface area contributed by atoms with Crippen LogP contribution in [0.3, 0.4) is 0 Å². The van der Waals surface area contributed by atoms with E-state index < -0.39 is 0 Å². The van der Waals surface area contributed by atoms with Crippen molar-refractivity contribution in [3.05, 3.63) is 58.1 Å². The molecule has 0 bridgehead atoms. The van der Waals surface area contributed by atoms with E-state index in [0.717, 1.165) is 49.5 Å². The number of methoxy groups -OCH3 is 1. The molecule has 1 amide bonds. The summed E-state index contributed by atoms with van der Waals surface area (Å²) in [7, 11) is 3.45. The number of benzene rings is 2. The number of amides is 1. The zero-order valence-corrected chi connectivity index (χ0v) is 17.1. The predicted molar refractivity (Wildman–Crippen MR) is 111 cm³/mol. The second-order valence-electron chi connectivity index (χ2n) is 6.91. The molecule has 0 saturated carbocycles. The van der Waals surface area contributed by atoms with Gasteiger partial charge in [-0.2, -0.15) is 0 Å². The molecule has 0 N–H and O–H groups in total. The highest BCUT2D eigenvalue weighted by Gasteiger charge is 2.28. The van der Waals surface area contributed by atoms with Crippen LogP contribution in [0.1, 0.15) is 18.4 Å². The first-order valence-corrected chi connectivity index (χ1v) is 9.81. The Hall–Kier alpha value is -1.75. The van der Waals surface area contributed by atoms with Gasteiger partial charge in [0.1, 0.15) is 5.75 Å². The molecule has 6 heteroatoms. The summed E-state index contributed by atoms with van der Waals surface area (Å²) >= 11 is 12.3. The molecule has 1 heterocycles. The van der Waals surface area contributed by atoms with Gasteiger partial charge in [0, 0.05) is 41.9 Å². The Morgan fingerprint density at radius 2 is 2.07 bits per heavy atom. The topological polar surface area (TPSA) is 32.8 Å². The lowest BCUT2D eigenvalue weighted by molar-refractivity contribution is -0.123. The number of hydrogen-bond acceptors (Lipinski definition) is 3. The molecule has 1 fully saturated rings. The first-order valence-electron chi connectivity index (χ1n) is 9.06. The third-order valence-electron chi connectivity index (χ3n) is 5.04. The van der Waals surface area contributed by atoms with Crippen molar-refractivity contribution in [3.8, 4) is 5.75 Å². The number of piperidine rings is 1. The highest BCUT2D eigenvalue weighted by atomic mass is 35.5. The average molecular weight is 407 g/mol. The number of carbonyl (C=O) groups excluding carboxylic acids is 1. The molecular formula is C21H24Cl2N2O2. The number of hydrogen-bond donors (Lipinski definition) is 0. The number of halogens is 2. The van der Waals surface area contributed by atoms with E-state index in [4.69, 9.17) is 27.9 Å². The van der Waals surface area contributed by atoms with Crippen LogP contribution in [0.2, 0.25) is 10.0 Å². The molecule has 0 unspecified atom stereocenters. The van der Waals surface area contributed by atoms with Crippen LogP contribution in [0.25, 0.3) is 0 Å². The highest BCUT2D eigenvalue weighted by molar-refractivity contribution is 6.35. The fourth-order valence-electron chi connectivity index (χ4n) is 3.51. The Morgan fingerprint density at radius 1 is 1.26 bits per heavy atom. The number of ether oxygens (including phenoxy) is 1. The van der Waals surface area contributed by atoms with Gasteiger partial charge in [-0.1, -0.05) is 35.3 Å². The molecule has 1 atom stereocenters. The minimum atomic E-state index is -0.0268. The second kappa shape index (κ2) is 8.96. The van der Waals surface area contributed by atoms with Crippen LogP contribution in [-0.4, -0.2) is 38.1 Å². The standard InChI is InChI=1S/C21H24Cl2N2O2/c1-24(18-6-3-7-19(12-18)27-2)21(26)16-5-4-10-25(14-16)13-15-8-9-17(22)11-20(15)23/h3,6-9,11-12,16H,4-5,10,13-14H2,1-2H3/t16-/m1/s1. The van der Waals surface area contributed by atoms with Gasteiger partial charge >= 0.3 is 0 Å². The molecule has 0 aliphatic carbocycles. The fourth-order valence-corrected chi connectivity index (χ4v) is 3.98. The normalized spacial score (nSPS) is 17.6. The Labute approximate surface area is 170 Å². The molecule has 144 valence electrons. The summed E-state index contributed by atoms with van der Waals surface area (Å²) in [5.74, 6) is 0.853. The molecule has 3 rings (SSSR count). The molecule has 1 saturated heterocycles. The van der Waals surface area contributed by atoms with Gasteiger partial charge < -0.3 is 9.64 Å². The van der Waals surface area contributed by atoms with Crippen LogP contribution in [0.15, 0.2) is 42.5 Å². The minimum absolute atomic E-state index is 0.0268. The van der Waals surface area contributed by atoms with Crippen molar-refractivity contribution in [2.75, 3.05) is 32.1 Å². The summed E-state index contributed by atoms with van der Waals surface area (Å²) in [4.78, 5) is 17.0. The average Bonchev–Trinajstić information content (AvgIpc) is 2.69. The van der Waals surface area contributed by atoms with Crippen LogP contribution >= 0.6 is 23.2 Å². The molecule has 1 aliphatic rings. The Kier molecular flexibility index (Phi) is 6.64. The van der Waals surface area contributed by atoms with Gasteiger partial charge in [0.25, 0.3) is 0 Å². The van der Waals surface area contributed by atoms with E-state index in [0.29, 0.717) is 10.0 Å².